The van der Waals surface area contributed by atoms with E-state index in [1.54, 1.807) is 7.11 Å². The van der Waals surface area contributed by atoms with E-state index < -0.39 is 0 Å². The molecule has 0 heterocycles. The minimum absolute atomic E-state index is 0.754. The third-order valence-corrected chi connectivity index (χ3v) is 3.71. The van der Waals surface area contributed by atoms with Crippen LogP contribution in [-0.4, -0.2) is 20.3 Å². The predicted octanol–water partition coefficient (Wildman–Crippen LogP) is 2.95. The fourth-order valence-electron chi connectivity index (χ4n) is 1.82. The minimum atomic E-state index is 0.754. The van der Waals surface area contributed by atoms with Gasteiger partial charge in [-0.05, 0) is 47.6 Å². The van der Waals surface area contributed by atoms with Gasteiger partial charge in [0.05, 0.1) is 23.8 Å². The van der Waals surface area contributed by atoms with Crippen LogP contribution in [-0.2, 0) is 6.54 Å². The molecule has 0 aromatic heterocycles. The molecule has 0 aliphatic rings. The number of rotatable bonds is 9. The van der Waals surface area contributed by atoms with Crippen molar-refractivity contribution in [3.05, 3.63) is 21.3 Å². The second-order valence-electron chi connectivity index (χ2n) is 4.59. The summed E-state index contributed by atoms with van der Waals surface area (Å²) in [6.07, 6.45) is 3.42. The van der Waals surface area contributed by atoms with Gasteiger partial charge in [0.15, 0.2) is 11.5 Å². The summed E-state index contributed by atoms with van der Waals surface area (Å²) in [6.45, 7) is 7.27. The second kappa shape index (κ2) is 9.42. The Labute approximate surface area is 130 Å². The quantitative estimate of drug-likeness (QED) is 0.530. The zero-order valence-corrected chi connectivity index (χ0v) is 14.3. The summed E-state index contributed by atoms with van der Waals surface area (Å²) in [6, 6.07) is 4.28. The molecular formula is C15H25INO2+. The Morgan fingerprint density at radius 2 is 2.00 bits per heavy atom. The number of hydrogen-bond donors (Lipinski definition) is 1. The van der Waals surface area contributed by atoms with E-state index in [1.807, 2.05) is 0 Å². The van der Waals surface area contributed by atoms with Crippen LogP contribution in [0.4, 0.5) is 0 Å². The molecule has 108 valence electrons. The summed E-state index contributed by atoms with van der Waals surface area (Å²) in [5, 5.41) is 2.32. The van der Waals surface area contributed by atoms with Gasteiger partial charge in [-0.2, -0.15) is 0 Å². The number of hydrogen-bond acceptors (Lipinski definition) is 2. The van der Waals surface area contributed by atoms with Crippen molar-refractivity contribution in [2.75, 3.05) is 20.3 Å². The van der Waals surface area contributed by atoms with Gasteiger partial charge >= 0.3 is 0 Å². The smallest absolute Gasteiger partial charge is 0.174 e. The highest BCUT2D eigenvalue weighted by Gasteiger charge is 2.12. The summed E-state index contributed by atoms with van der Waals surface area (Å²) < 4.78 is 12.4. The average molecular weight is 378 g/mol. The van der Waals surface area contributed by atoms with E-state index >= 15 is 0 Å². The van der Waals surface area contributed by atoms with Crippen LogP contribution < -0.4 is 14.8 Å². The van der Waals surface area contributed by atoms with Gasteiger partial charge < -0.3 is 14.8 Å². The van der Waals surface area contributed by atoms with Crippen LogP contribution in [0, 0.1) is 3.57 Å². The molecule has 0 saturated heterocycles. The molecule has 0 radical (unpaired) electrons. The van der Waals surface area contributed by atoms with E-state index in [2.05, 4.69) is 53.9 Å². The first-order valence-electron chi connectivity index (χ1n) is 7.03. The summed E-state index contributed by atoms with van der Waals surface area (Å²) in [4.78, 5) is 0. The molecule has 2 N–H and O–H groups in total. The molecule has 1 aromatic carbocycles. The zero-order chi connectivity index (χ0) is 14.1. The van der Waals surface area contributed by atoms with E-state index in [0.29, 0.717) is 0 Å². The van der Waals surface area contributed by atoms with Gasteiger partial charge in [-0.1, -0.05) is 20.3 Å². The zero-order valence-electron chi connectivity index (χ0n) is 12.2. The van der Waals surface area contributed by atoms with Crippen molar-refractivity contribution in [1.82, 2.24) is 0 Å². The Morgan fingerprint density at radius 1 is 1.21 bits per heavy atom. The van der Waals surface area contributed by atoms with Crippen molar-refractivity contribution in [3.8, 4) is 11.5 Å². The van der Waals surface area contributed by atoms with Crippen LogP contribution in [0.25, 0.3) is 0 Å². The lowest BCUT2D eigenvalue weighted by molar-refractivity contribution is -0.670. The van der Waals surface area contributed by atoms with Crippen molar-refractivity contribution in [2.24, 2.45) is 0 Å². The maximum atomic E-state index is 5.84. The normalized spacial score (nSPS) is 10.5. The number of halogens is 1. The molecule has 0 bridgehead atoms. The van der Waals surface area contributed by atoms with E-state index in [1.165, 1.54) is 12.0 Å². The number of benzene rings is 1. The van der Waals surface area contributed by atoms with Crippen LogP contribution in [0.5, 0.6) is 11.5 Å². The highest BCUT2D eigenvalue weighted by Crippen LogP contribution is 2.33. The molecule has 0 atom stereocenters. The molecule has 0 spiro atoms. The van der Waals surface area contributed by atoms with Gasteiger partial charge in [-0.15, -0.1) is 0 Å². The predicted molar refractivity (Wildman–Crippen MR) is 86.9 cm³/mol. The molecule has 1 aromatic rings. The van der Waals surface area contributed by atoms with E-state index in [0.717, 1.165) is 47.6 Å². The molecule has 0 unspecified atom stereocenters. The second-order valence-corrected chi connectivity index (χ2v) is 5.75. The Balaban J connectivity index is 2.76. The maximum Gasteiger partial charge on any atom is 0.174 e. The van der Waals surface area contributed by atoms with Gasteiger partial charge in [0.25, 0.3) is 0 Å². The average Bonchev–Trinajstić information content (AvgIpc) is 2.41. The van der Waals surface area contributed by atoms with E-state index in [-0.39, 0.29) is 0 Å². The standard InChI is InChI=1S/C15H24INO2/c1-4-6-8-19-15-13(16)9-12(10-14(15)18-3)11-17-7-5-2/h9-10,17H,4-8,11H2,1-3H3/p+1. The summed E-state index contributed by atoms with van der Waals surface area (Å²) >= 11 is 2.33. The van der Waals surface area contributed by atoms with Crippen LogP contribution in [0.15, 0.2) is 12.1 Å². The number of nitrogens with two attached hydrogens (primary N) is 1. The SMILES string of the molecule is CCCCOc1c(I)cc(C[NH2+]CCC)cc1OC. The molecule has 4 heteroatoms. The fraction of sp³-hybridized carbons (Fsp3) is 0.600. The Morgan fingerprint density at radius 3 is 2.63 bits per heavy atom. The first kappa shape index (κ1) is 16.6. The van der Waals surface area contributed by atoms with Crippen molar-refractivity contribution in [2.45, 2.75) is 39.7 Å². The molecule has 1 rings (SSSR count). The highest BCUT2D eigenvalue weighted by molar-refractivity contribution is 14.1. The van der Waals surface area contributed by atoms with Crippen LogP contribution in [0.1, 0.15) is 38.7 Å². The number of ether oxygens (including phenoxy) is 2. The van der Waals surface area contributed by atoms with Crippen molar-refractivity contribution >= 4 is 22.6 Å². The summed E-state index contributed by atoms with van der Waals surface area (Å²) in [7, 11) is 1.71. The molecule has 0 aliphatic carbocycles. The van der Waals surface area contributed by atoms with Crippen LogP contribution in [0.3, 0.4) is 0 Å². The van der Waals surface area contributed by atoms with Gasteiger partial charge in [0, 0.05) is 5.56 Å². The largest absolute Gasteiger partial charge is 0.493 e. The minimum Gasteiger partial charge on any atom is -0.493 e. The molecule has 0 saturated carbocycles. The van der Waals surface area contributed by atoms with Crippen LogP contribution >= 0.6 is 22.6 Å². The molecule has 0 aliphatic heterocycles. The fourth-order valence-corrected chi connectivity index (χ4v) is 2.64. The lowest BCUT2D eigenvalue weighted by Crippen LogP contribution is -2.82. The maximum absolute atomic E-state index is 5.84. The molecule has 0 amide bonds. The first-order valence-corrected chi connectivity index (χ1v) is 8.11. The first-order chi connectivity index (χ1) is 9.22. The molecule has 0 fully saturated rings. The molecule has 19 heavy (non-hydrogen) atoms. The van der Waals surface area contributed by atoms with Gasteiger partial charge in [0.1, 0.15) is 6.54 Å². The summed E-state index contributed by atoms with van der Waals surface area (Å²) in [5.74, 6) is 1.73. The number of methoxy groups -OCH3 is 1. The van der Waals surface area contributed by atoms with Crippen molar-refractivity contribution in [1.29, 1.82) is 0 Å². The van der Waals surface area contributed by atoms with E-state index in [9.17, 15) is 0 Å². The topological polar surface area (TPSA) is 35.1 Å². The molecular weight excluding hydrogens is 353 g/mol. The lowest BCUT2D eigenvalue weighted by atomic mass is 10.2. The third kappa shape index (κ3) is 5.57. The molecule has 3 nitrogen and oxygen atoms in total. The van der Waals surface area contributed by atoms with Crippen molar-refractivity contribution < 1.29 is 14.8 Å². The Bertz CT molecular complexity index is 383. The Kier molecular flexibility index (Phi) is 8.21. The Hall–Kier alpha value is -0.490. The summed E-state index contributed by atoms with van der Waals surface area (Å²) in [5.41, 5.74) is 1.29. The monoisotopic (exact) mass is 378 g/mol. The lowest BCUT2D eigenvalue weighted by Gasteiger charge is -2.14. The highest BCUT2D eigenvalue weighted by atomic mass is 127. The number of quaternary nitrogens is 1. The number of unbranched alkanes of at least 4 members (excludes halogenated alkanes) is 1. The van der Waals surface area contributed by atoms with Gasteiger partial charge in [0.2, 0.25) is 0 Å². The van der Waals surface area contributed by atoms with E-state index in [4.69, 9.17) is 9.47 Å². The van der Waals surface area contributed by atoms with Crippen LogP contribution in [0.2, 0.25) is 0 Å². The van der Waals surface area contributed by atoms with Crippen molar-refractivity contribution in [3.63, 3.8) is 0 Å². The van der Waals surface area contributed by atoms with Gasteiger partial charge in [-0.3, -0.25) is 0 Å². The van der Waals surface area contributed by atoms with Gasteiger partial charge in [-0.25, -0.2) is 0 Å². The third-order valence-electron chi connectivity index (χ3n) is 2.91.